The molecule has 2 rings (SSSR count). The highest BCUT2D eigenvalue weighted by molar-refractivity contribution is 5.31. The van der Waals surface area contributed by atoms with Crippen LogP contribution in [0.1, 0.15) is 56.7 Å². The lowest BCUT2D eigenvalue weighted by atomic mass is 9.89. The summed E-state index contributed by atoms with van der Waals surface area (Å²) in [6.45, 7) is 5.43. The van der Waals surface area contributed by atoms with Crippen LogP contribution in [0.25, 0.3) is 0 Å². The Morgan fingerprint density at radius 1 is 1.11 bits per heavy atom. The molecule has 1 aliphatic rings. The monoisotopic (exact) mass is 243 g/mol. The lowest BCUT2D eigenvalue weighted by molar-refractivity contribution is 0.564. The van der Waals surface area contributed by atoms with Gasteiger partial charge in [-0.2, -0.15) is 0 Å². The maximum Gasteiger partial charge on any atom is 0.0535 e. The number of aryl methyl sites for hydroxylation is 1. The summed E-state index contributed by atoms with van der Waals surface area (Å²) < 4.78 is 0. The van der Waals surface area contributed by atoms with Crippen LogP contribution in [0.4, 0.5) is 0 Å². The largest absolute Gasteiger partial charge is 0.307 e. The Hall–Kier alpha value is -1.08. The van der Waals surface area contributed by atoms with Gasteiger partial charge in [0, 0.05) is 0 Å². The molecule has 1 unspecified atom stereocenters. The molecule has 0 heterocycles. The molecule has 1 aliphatic carbocycles. The molecule has 98 valence electrons. The van der Waals surface area contributed by atoms with Crippen molar-refractivity contribution < 1.29 is 0 Å². The Kier molecular flexibility index (Phi) is 5.00. The standard InChI is InChI=1S/C17H25N/c1-3-14-10-12-16(13-11-14)17(18-4-2)15-8-6-5-7-9-15/h8,10-13,17-18H,3-7,9H2,1-2H3. The molecular weight excluding hydrogens is 218 g/mol. The molecule has 1 aromatic rings. The van der Waals surface area contributed by atoms with Crippen LogP contribution in [0.15, 0.2) is 35.9 Å². The Bertz CT molecular complexity index is 389. The number of benzene rings is 1. The molecule has 1 heteroatoms. The van der Waals surface area contributed by atoms with Crippen molar-refractivity contribution in [2.75, 3.05) is 6.54 Å². The fourth-order valence-corrected chi connectivity index (χ4v) is 2.74. The van der Waals surface area contributed by atoms with E-state index in [4.69, 9.17) is 0 Å². The van der Waals surface area contributed by atoms with E-state index in [0.717, 1.165) is 13.0 Å². The summed E-state index contributed by atoms with van der Waals surface area (Å²) in [7, 11) is 0. The highest BCUT2D eigenvalue weighted by Gasteiger charge is 2.16. The number of nitrogens with one attached hydrogen (secondary N) is 1. The maximum atomic E-state index is 3.64. The zero-order chi connectivity index (χ0) is 12.8. The van der Waals surface area contributed by atoms with Gasteiger partial charge >= 0.3 is 0 Å². The van der Waals surface area contributed by atoms with Crippen LogP contribution in [0.5, 0.6) is 0 Å². The molecule has 1 aromatic carbocycles. The molecule has 0 saturated carbocycles. The van der Waals surface area contributed by atoms with Crippen molar-refractivity contribution in [1.82, 2.24) is 5.32 Å². The van der Waals surface area contributed by atoms with Gasteiger partial charge in [-0.3, -0.25) is 0 Å². The number of allylic oxidation sites excluding steroid dienone is 1. The first-order valence-corrected chi connectivity index (χ1v) is 7.36. The van der Waals surface area contributed by atoms with Crippen LogP contribution in [-0.2, 0) is 6.42 Å². The van der Waals surface area contributed by atoms with Gasteiger partial charge in [-0.15, -0.1) is 0 Å². The minimum absolute atomic E-state index is 0.432. The van der Waals surface area contributed by atoms with Gasteiger partial charge in [0.1, 0.15) is 0 Å². The highest BCUT2D eigenvalue weighted by atomic mass is 14.9. The minimum Gasteiger partial charge on any atom is -0.307 e. The van der Waals surface area contributed by atoms with Gasteiger partial charge in [0.25, 0.3) is 0 Å². The molecule has 0 amide bonds. The quantitative estimate of drug-likeness (QED) is 0.756. The van der Waals surface area contributed by atoms with Crippen molar-refractivity contribution in [1.29, 1.82) is 0 Å². The summed E-state index contributed by atoms with van der Waals surface area (Å²) in [6.07, 6.45) is 8.79. The van der Waals surface area contributed by atoms with Crippen LogP contribution < -0.4 is 5.32 Å². The SMILES string of the molecule is CCNC(C1=CCCCC1)c1ccc(CC)cc1. The van der Waals surface area contributed by atoms with Crippen LogP contribution in [0.3, 0.4) is 0 Å². The molecule has 0 saturated heterocycles. The smallest absolute Gasteiger partial charge is 0.0535 e. The summed E-state index contributed by atoms with van der Waals surface area (Å²) in [6, 6.07) is 9.55. The lowest BCUT2D eigenvalue weighted by Gasteiger charge is -2.24. The predicted octanol–water partition coefficient (Wildman–Crippen LogP) is 4.40. The molecule has 1 nitrogen and oxygen atoms in total. The normalized spacial score (nSPS) is 17.3. The first-order valence-electron chi connectivity index (χ1n) is 7.36. The van der Waals surface area contributed by atoms with Gasteiger partial charge in [-0.25, -0.2) is 0 Å². The third kappa shape index (κ3) is 3.23. The van der Waals surface area contributed by atoms with E-state index < -0.39 is 0 Å². The van der Waals surface area contributed by atoms with E-state index in [1.54, 1.807) is 5.57 Å². The number of likely N-dealkylation sites (N-methyl/N-ethyl adjacent to an activating group) is 1. The second kappa shape index (κ2) is 6.75. The van der Waals surface area contributed by atoms with Crippen molar-refractivity contribution in [3.8, 4) is 0 Å². The second-order valence-corrected chi connectivity index (χ2v) is 5.11. The summed E-state index contributed by atoms with van der Waals surface area (Å²) >= 11 is 0. The Labute approximate surface area is 111 Å². The summed E-state index contributed by atoms with van der Waals surface area (Å²) in [4.78, 5) is 0. The van der Waals surface area contributed by atoms with Crippen LogP contribution >= 0.6 is 0 Å². The number of rotatable bonds is 5. The van der Waals surface area contributed by atoms with Crippen molar-refractivity contribution in [2.45, 2.75) is 52.0 Å². The summed E-state index contributed by atoms with van der Waals surface area (Å²) in [5, 5.41) is 3.64. The zero-order valence-corrected chi connectivity index (χ0v) is 11.7. The number of hydrogen-bond donors (Lipinski definition) is 1. The molecule has 0 aliphatic heterocycles. The molecular formula is C17H25N. The van der Waals surface area contributed by atoms with Crippen molar-refractivity contribution in [3.63, 3.8) is 0 Å². The molecule has 0 radical (unpaired) electrons. The van der Waals surface area contributed by atoms with E-state index in [-0.39, 0.29) is 0 Å². The van der Waals surface area contributed by atoms with Gasteiger partial charge in [0.2, 0.25) is 0 Å². The van der Waals surface area contributed by atoms with Gasteiger partial charge < -0.3 is 5.32 Å². The van der Waals surface area contributed by atoms with Crippen LogP contribution in [0.2, 0.25) is 0 Å². The fourth-order valence-electron chi connectivity index (χ4n) is 2.74. The van der Waals surface area contributed by atoms with E-state index in [2.05, 4.69) is 49.5 Å². The third-order valence-electron chi connectivity index (χ3n) is 3.83. The Morgan fingerprint density at radius 2 is 1.89 bits per heavy atom. The van der Waals surface area contributed by atoms with E-state index in [1.807, 2.05) is 0 Å². The van der Waals surface area contributed by atoms with Gasteiger partial charge in [0.05, 0.1) is 6.04 Å². The van der Waals surface area contributed by atoms with Crippen molar-refractivity contribution >= 4 is 0 Å². The molecule has 0 aromatic heterocycles. The molecule has 0 bridgehead atoms. The lowest BCUT2D eigenvalue weighted by Crippen LogP contribution is -2.23. The zero-order valence-electron chi connectivity index (χ0n) is 11.7. The van der Waals surface area contributed by atoms with Gasteiger partial charge in [-0.1, -0.05) is 49.8 Å². The Balaban J connectivity index is 2.19. The van der Waals surface area contributed by atoms with Gasteiger partial charge in [-0.05, 0) is 49.8 Å². The topological polar surface area (TPSA) is 12.0 Å². The summed E-state index contributed by atoms with van der Waals surface area (Å²) in [5.74, 6) is 0. The molecule has 1 atom stereocenters. The fraction of sp³-hybridized carbons (Fsp3) is 0.529. The average Bonchev–Trinajstić information content (AvgIpc) is 2.46. The Morgan fingerprint density at radius 3 is 2.44 bits per heavy atom. The predicted molar refractivity (Wildman–Crippen MR) is 78.8 cm³/mol. The first kappa shape index (κ1) is 13.4. The second-order valence-electron chi connectivity index (χ2n) is 5.11. The number of hydrogen-bond acceptors (Lipinski definition) is 1. The van der Waals surface area contributed by atoms with Crippen LogP contribution in [0, 0.1) is 0 Å². The maximum absolute atomic E-state index is 3.64. The van der Waals surface area contributed by atoms with E-state index >= 15 is 0 Å². The van der Waals surface area contributed by atoms with Gasteiger partial charge in [0.15, 0.2) is 0 Å². The van der Waals surface area contributed by atoms with E-state index in [0.29, 0.717) is 6.04 Å². The molecule has 1 N–H and O–H groups in total. The first-order chi connectivity index (χ1) is 8.85. The molecule has 0 spiro atoms. The molecule has 0 fully saturated rings. The van der Waals surface area contributed by atoms with E-state index in [9.17, 15) is 0 Å². The average molecular weight is 243 g/mol. The van der Waals surface area contributed by atoms with E-state index in [1.165, 1.54) is 36.8 Å². The summed E-state index contributed by atoms with van der Waals surface area (Å²) in [5.41, 5.74) is 4.43. The van der Waals surface area contributed by atoms with Crippen molar-refractivity contribution in [3.05, 3.63) is 47.0 Å². The third-order valence-corrected chi connectivity index (χ3v) is 3.83. The highest BCUT2D eigenvalue weighted by Crippen LogP contribution is 2.29. The van der Waals surface area contributed by atoms with Crippen LogP contribution in [-0.4, -0.2) is 6.54 Å². The van der Waals surface area contributed by atoms with Crippen molar-refractivity contribution in [2.24, 2.45) is 0 Å². The minimum atomic E-state index is 0.432. The molecule has 18 heavy (non-hydrogen) atoms.